The largest absolute Gasteiger partial charge is 0.303 e. The highest BCUT2D eigenvalue weighted by Crippen LogP contribution is 2.03. The van der Waals surface area contributed by atoms with Crippen LogP contribution in [0.2, 0.25) is 0 Å². The van der Waals surface area contributed by atoms with Gasteiger partial charge in [-0.15, -0.1) is 0 Å². The number of nitrogens with two attached hydrogens (primary N) is 1. The first kappa shape index (κ1) is 10.2. The van der Waals surface area contributed by atoms with Gasteiger partial charge in [0.25, 0.3) is 0 Å². The maximum Gasteiger partial charge on any atom is 0.0587 e. The molecule has 3 nitrogen and oxygen atoms in total. The molecule has 0 spiro atoms. The number of hydrazine groups is 1. The van der Waals surface area contributed by atoms with Crippen LogP contribution in [0.1, 0.15) is 11.1 Å². The number of hydrogen-bond acceptors (Lipinski definition) is 3. The van der Waals surface area contributed by atoms with E-state index in [1.54, 1.807) is 0 Å². The number of aryl methyl sites for hydroxylation is 1. The summed E-state index contributed by atoms with van der Waals surface area (Å²) in [6.07, 6.45) is 1.04. The van der Waals surface area contributed by atoms with Crippen molar-refractivity contribution in [2.45, 2.75) is 13.3 Å². The van der Waals surface area contributed by atoms with Crippen LogP contribution in [0, 0.1) is 6.92 Å². The molecule has 0 bridgehead atoms. The Morgan fingerprint density at radius 3 is 2.92 bits per heavy atom. The van der Waals surface area contributed by atoms with Crippen molar-refractivity contribution in [1.82, 2.24) is 10.7 Å². The molecular formula is C10H17N3. The van der Waals surface area contributed by atoms with Crippen LogP contribution in [0.15, 0.2) is 24.3 Å². The van der Waals surface area contributed by atoms with Crippen LogP contribution in [0.4, 0.5) is 0 Å². The van der Waals surface area contributed by atoms with Gasteiger partial charge in [-0.05, 0) is 18.9 Å². The van der Waals surface area contributed by atoms with E-state index in [1.807, 2.05) is 0 Å². The highest BCUT2D eigenvalue weighted by molar-refractivity contribution is 5.22. The number of nitrogens with one attached hydrogen (secondary N) is 2. The number of benzene rings is 1. The van der Waals surface area contributed by atoms with Crippen molar-refractivity contribution in [3.63, 3.8) is 0 Å². The number of hydrogen-bond donors (Lipinski definition) is 3. The molecular weight excluding hydrogens is 162 g/mol. The predicted octanol–water partition coefficient (Wildman–Crippen LogP) is 0.548. The molecule has 0 amide bonds. The molecule has 1 rings (SSSR count). The maximum absolute atomic E-state index is 5.12. The topological polar surface area (TPSA) is 50.1 Å². The molecule has 1 aromatic carbocycles. The molecule has 13 heavy (non-hydrogen) atoms. The highest BCUT2D eigenvalue weighted by Gasteiger charge is 1.92. The third-order valence-electron chi connectivity index (χ3n) is 1.90. The van der Waals surface area contributed by atoms with Gasteiger partial charge in [0.1, 0.15) is 0 Å². The lowest BCUT2D eigenvalue weighted by Crippen LogP contribution is -2.34. The fourth-order valence-corrected chi connectivity index (χ4v) is 1.26. The van der Waals surface area contributed by atoms with Crippen LogP contribution in [-0.4, -0.2) is 13.2 Å². The molecule has 0 aliphatic rings. The summed E-state index contributed by atoms with van der Waals surface area (Å²) in [5.41, 5.74) is 5.23. The van der Waals surface area contributed by atoms with Gasteiger partial charge in [-0.2, -0.15) is 0 Å². The first-order valence-electron chi connectivity index (χ1n) is 4.52. The SMILES string of the molecule is Cc1cccc(CCNCNN)c1. The normalized spacial score (nSPS) is 10.3. The molecule has 0 saturated carbocycles. The van der Waals surface area contributed by atoms with Crippen LogP contribution in [0.3, 0.4) is 0 Å². The zero-order chi connectivity index (χ0) is 9.52. The van der Waals surface area contributed by atoms with E-state index in [0.717, 1.165) is 13.0 Å². The summed E-state index contributed by atoms with van der Waals surface area (Å²) in [5, 5.41) is 3.17. The van der Waals surface area contributed by atoms with Gasteiger partial charge in [0.05, 0.1) is 6.67 Å². The third-order valence-corrected chi connectivity index (χ3v) is 1.90. The van der Waals surface area contributed by atoms with Crippen LogP contribution < -0.4 is 16.6 Å². The Bertz CT molecular complexity index is 248. The lowest BCUT2D eigenvalue weighted by Gasteiger charge is -2.04. The van der Waals surface area contributed by atoms with Crippen LogP contribution in [-0.2, 0) is 6.42 Å². The van der Waals surface area contributed by atoms with Gasteiger partial charge in [0, 0.05) is 6.54 Å². The first-order chi connectivity index (χ1) is 6.33. The fraction of sp³-hybridized carbons (Fsp3) is 0.400. The molecule has 4 N–H and O–H groups in total. The van der Waals surface area contributed by atoms with E-state index in [4.69, 9.17) is 5.84 Å². The Hall–Kier alpha value is -0.900. The molecule has 0 aliphatic heterocycles. The average molecular weight is 179 g/mol. The van der Waals surface area contributed by atoms with Gasteiger partial charge in [-0.1, -0.05) is 29.8 Å². The second-order valence-corrected chi connectivity index (χ2v) is 3.12. The van der Waals surface area contributed by atoms with E-state index in [9.17, 15) is 0 Å². The molecule has 72 valence electrons. The van der Waals surface area contributed by atoms with Gasteiger partial charge < -0.3 is 5.32 Å². The van der Waals surface area contributed by atoms with E-state index in [2.05, 4.69) is 41.9 Å². The van der Waals surface area contributed by atoms with Crippen LogP contribution in [0.5, 0.6) is 0 Å². The second-order valence-electron chi connectivity index (χ2n) is 3.12. The lowest BCUT2D eigenvalue weighted by atomic mass is 10.1. The highest BCUT2D eigenvalue weighted by atomic mass is 15.3. The van der Waals surface area contributed by atoms with Gasteiger partial charge in [0.15, 0.2) is 0 Å². The summed E-state index contributed by atoms with van der Waals surface area (Å²) in [6.45, 7) is 3.72. The van der Waals surface area contributed by atoms with E-state index in [1.165, 1.54) is 11.1 Å². The fourth-order valence-electron chi connectivity index (χ4n) is 1.26. The molecule has 0 heterocycles. The Balaban J connectivity index is 2.28. The molecule has 0 aliphatic carbocycles. The standard InChI is InChI=1S/C10H17N3/c1-9-3-2-4-10(7-9)5-6-12-8-13-11/h2-4,7,12-13H,5-6,8,11H2,1H3. The minimum Gasteiger partial charge on any atom is -0.303 e. The zero-order valence-corrected chi connectivity index (χ0v) is 8.01. The van der Waals surface area contributed by atoms with Crippen molar-refractivity contribution in [3.05, 3.63) is 35.4 Å². The minimum atomic E-state index is 0.659. The molecule has 3 heteroatoms. The molecule has 0 saturated heterocycles. The van der Waals surface area contributed by atoms with Crippen molar-refractivity contribution in [3.8, 4) is 0 Å². The summed E-state index contributed by atoms with van der Waals surface area (Å²) < 4.78 is 0. The Labute approximate surface area is 79.3 Å². The third kappa shape index (κ3) is 4.03. The number of rotatable bonds is 5. The Morgan fingerprint density at radius 1 is 1.38 bits per heavy atom. The Kier molecular flexibility index (Phi) is 4.46. The van der Waals surface area contributed by atoms with Crippen molar-refractivity contribution in [2.75, 3.05) is 13.2 Å². The predicted molar refractivity (Wildman–Crippen MR) is 55.1 cm³/mol. The molecule has 0 aromatic heterocycles. The van der Waals surface area contributed by atoms with E-state index in [-0.39, 0.29) is 0 Å². The summed E-state index contributed by atoms with van der Waals surface area (Å²) >= 11 is 0. The van der Waals surface area contributed by atoms with Crippen molar-refractivity contribution in [2.24, 2.45) is 5.84 Å². The van der Waals surface area contributed by atoms with E-state index < -0.39 is 0 Å². The summed E-state index contributed by atoms with van der Waals surface area (Å²) in [7, 11) is 0. The zero-order valence-electron chi connectivity index (χ0n) is 8.01. The summed E-state index contributed by atoms with van der Waals surface area (Å²) in [5.74, 6) is 5.12. The van der Waals surface area contributed by atoms with Gasteiger partial charge in [-0.3, -0.25) is 5.84 Å². The monoisotopic (exact) mass is 179 g/mol. The smallest absolute Gasteiger partial charge is 0.0587 e. The molecule has 0 radical (unpaired) electrons. The molecule has 0 fully saturated rings. The molecule has 0 unspecified atom stereocenters. The van der Waals surface area contributed by atoms with Crippen molar-refractivity contribution >= 4 is 0 Å². The van der Waals surface area contributed by atoms with Crippen molar-refractivity contribution < 1.29 is 0 Å². The van der Waals surface area contributed by atoms with E-state index >= 15 is 0 Å². The Morgan fingerprint density at radius 2 is 2.23 bits per heavy atom. The van der Waals surface area contributed by atoms with Crippen molar-refractivity contribution in [1.29, 1.82) is 0 Å². The van der Waals surface area contributed by atoms with Gasteiger partial charge in [0.2, 0.25) is 0 Å². The molecule has 0 atom stereocenters. The molecule has 1 aromatic rings. The first-order valence-corrected chi connectivity index (χ1v) is 4.52. The van der Waals surface area contributed by atoms with E-state index in [0.29, 0.717) is 6.67 Å². The maximum atomic E-state index is 5.12. The van der Waals surface area contributed by atoms with Gasteiger partial charge in [-0.25, -0.2) is 5.43 Å². The van der Waals surface area contributed by atoms with Crippen LogP contribution >= 0.6 is 0 Å². The summed E-state index contributed by atoms with van der Waals surface area (Å²) in [4.78, 5) is 0. The van der Waals surface area contributed by atoms with Gasteiger partial charge >= 0.3 is 0 Å². The minimum absolute atomic E-state index is 0.659. The van der Waals surface area contributed by atoms with Crippen LogP contribution in [0.25, 0.3) is 0 Å². The summed E-state index contributed by atoms with van der Waals surface area (Å²) in [6, 6.07) is 8.55. The quantitative estimate of drug-likeness (QED) is 0.268. The second kappa shape index (κ2) is 5.70. The average Bonchev–Trinajstić information content (AvgIpc) is 2.13. The lowest BCUT2D eigenvalue weighted by molar-refractivity contribution is 0.602.